The van der Waals surface area contributed by atoms with E-state index in [2.05, 4.69) is 10.3 Å². The van der Waals surface area contributed by atoms with Crippen LogP contribution in [0.5, 0.6) is 0 Å². The standard InChI is InChI=1S/C18H20N4O4S2/c1-10-13-16(20-11-5-3-2-4-7-21(11)17(13)25)28-14(10)15(24)19-6-8-22-12(23)9-27-18(22)26/h2-9H2,1H3,(H,19,24). The highest BCUT2D eigenvalue weighted by Gasteiger charge is 2.29. The van der Waals surface area contributed by atoms with E-state index < -0.39 is 0 Å². The lowest BCUT2D eigenvalue weighted by molar-refractivity contribution is -0.124. The van der Waals surface area contributed by atoms with Crippen LogP contribution in [0.15, 0.2) is 4.79 Å². The summed E-state index contributed by atoms with van der Waals surface area (Å²) in [6.45, 7) is 2.76. The van der Waals surface area contributed by atoms with Crippen molar-refractivity contribution in [2.24, 2.45) is 0 Å². The number of imide groups is 1. The number of nitrogens with zero attached hydrogens (tertiary/aromatic N) is 3. The van der Waals surface area contributed by atoms with E-state index in [9.17, 15) is 19.2 Å². The Hall–Kier alpha value is -2.20. The number of hydrogen-bond acceptors (Lipinski definition) is 7. The van der Waals surface area contributed by atoms with Gasteiger partial charge in [0.05, 0.1) is 16.0 Å². The Bertz CT molecular complexity index is 1030. The van der Waals surface area contributed by atoms with Gasteiger partial charge in [-0.15, -0.1) is 11.3 Å². The second-order valence-electron chi connectivity index (χ2n) is 6.89. The number of nitrogens with one attached hydrogen (secondary N) is 1. The first kappa shape index (κ1) is 19.1. The van der Waals surface area contributed by atoms with Crippen LogP contribution in [0, 0.1) is 6.92 Å². The SMILES string of the molecule is Cc1c(C(=O)NCCN2C(=O)CSC2=O)sc2nc3n(c(=O)c12)CCCCC3. The van der Waals surface area contributed by atoms with Crippen molar-refractivity contribution in [2.45, 2.75) is 39.2 Å². The number of aromatic nitrogens is 2. The summed E-state index contributed by atoms with van der Waals surface area (Å²) in [5.41, 5.74) is 0.568. The van der Waals surface area contributed by atoms with Crippen LogP contribution < -0.4 is 10.9 Å². The Morgan fingerprint density at radius 1 is 1.21 bits per heavy atom. The molecule has 28 heavy (non-hydrogen) atoms. The summed E-state index contributed by atoms with van der Waals surface area (Å²) in [7, 11) is 0. The van der Waals surface area contributed by atoms with E-state index in [1.807, 2.05) is 0 Å². The van der Waals surface area contributed by atoms with Gasteiger partial charge in [0.15, 0.2) is 0 Å². The Morgan fingerprint density at radius 2 is 2.04 bits per heavy atom. The molecule has 1 fully saturated rings. The van der Waals surface area contributed by atoms with Gasteiger partial charge in [-0.2, -0.15) is 0 Å². The number of carbonyl (C=O) groups excluding carboxylic acids is 3. The van der Waals surface area contributed by atoms with Gasteiger partial charge >= 0.3 is 0 Å². The molecule has 0 aromatic carbocycles. The van der Waals surface area contributed by atoms with Crippen molar-refractivity contribution < 1.29 is 14.4 Å². The number of fused-ring (bicyclic) bond motifs is 2. The number of thiophene rings is 1. The Labute approximate surface area is 169 Å². The van der Waals surface area contributed by atoms with E-state index in [1.54, 1.807) is 11.5 Å². The van der Waals surface area contributed by atoms with Crippen molar-refractivity contribution in [1.82, 2.24) is 19.8 Å². The fourth-order valence-corrected chi connectivity index (χ4v) is 5.44. The monoisotopic (exact) mass is 420 g/mol. The third-order valence-corrected chi connectivity index (χ3v) is 7.12. The van der Waals surface area contributed by atoms with Crippen molar-refractivity contribution >= 4 is 50.4 Å². The first-order valence-corrected chi connectivity index (χ1v) is 11.1. The first-order chi connectivity index (χ1) is 13.5. The lowest BCUT2D eigenvalue weighted by atomic mass is 10.2. The number of rotatable bonds is 4. The number of carbonyl (C=O) groups is 3. The van der Waals surface area contributed by atoms with E-state index in [0.717, 1.165) is 48.2 Å². The van der Waals surface area contributed by atoms with Crippen molar-refractivity contribution in [3.8, 4) is 0 Å². The van der Waals surface area contributed by atoms with Gasteiger partial charge in [0, 0.05) is 26.1 Å². The van der Waals surface area contributed by atoms with E-state index in [1.165, 1.54) is 11.3 Å². The zero-order chi connectivity index (χ0) is 19.8. The summed E-state index contributed by atoms with van der Waals surface area (Å²) in [6, 6.07) is 0. The van der Waals surface area contributed by atoms with Gasteiger partial charge in [-0.05, 0) is 25.3 Å². The lowest BCUT2D eigenvalue weighted by Crippen LogP contribution is -2.37. The van der Waals surface area contributed by atoms with Crippen LogP contribution in [0.25, 0.3) is 10.2 Å². The minimum absolute atomic E-state index is 0.0695. The summed E-state index contributed by atoms with van der Waals surface area (Å²) < 4.78 is 1.75. The molecule has 0 saturated carbocycles. The highest BCUT2D eigenvalue weighted by molar-refractivity contribution is 8.14. The maximum absolute atomic E-state index is 13.0. The second-order valence-corrected chi connectivity index (χ2v) is 8.81. The van der Waals surface area contributed by atoms with Crippen molar-refractivity contribution in [1.29, 1.82) is 0 Å². The van der Waals surface area contributed by atoms with E-state index in [0.29, 0.717) is 27.2 Å². The van der Waals surface area contributed by atoms with Crippen molar-refractivity contribution in [3.05, 3.63) is 26.6 Å². The first-order valence-electron chi connectivity index (χ1n) is 9.25. The van der Waals surface area contributed by atoms with E-state index >= 15 is 0 Å². The molecule has 0 radical (unpaired) electrons. The molecule has 2 aliphatic rings. The molecule has 4 rings (SSSR count). The molecule has 2 aromatic heterocycles. The van der Waals surface area contributed by atoms with Gasteiger partial charge < -0.3 is 5.32 Å². The van der Waals surface area contributed by atoms with Gasteiger partial charge in [-0.25, -0.2) is 4.98 Å². The number of aryl methyl sites for hydroxylation is 2. The van der Waals surface area contributed by atoms with Crippen LogP contribution >= 0.6 is 23.1 Å². The molecular weight excluding hydrogens is 400 g/mol. The molecule has 148 valence electrons. The molecule has 0 unspecified atom stereocenters. The van der Waals surface area contributed by atoms with Crippen LogP contribution in [-0.4, -0.2) is 50.3 Å². The number of hydrogen-bond donors (Lipinski definition) is 1. The molecule has 2 aromatic rings. The highest BCUT2D eigenvalue weighted by Crippen LogP contribution is 2.28. The number of amides is 3. The average Bonchev–Trinajstić information content (AvgIpc) is 3.05. The summed E-state index contributed by atoms with van der Waals surface area (Å²) in [4.78, 5) is 55.7. The molecule has 0 atom stereocenters. The second kappa shape index (κ2) is 7.67. The molecule has 10 heteroatoms. The van der Waals surface area contributed by atoms with Gasteiger partial charge in [-0.3, -0.25) is 28.6 Å². The molecule has 0 spiro atoms. The van der Waals surface area contributed by atoms with Gasteiger partial charge in [-0.1, -0.05) is 18.2 Å². The predicted molar refractivity (Wildman–Crippen MR) is 108 cm³/mol. The average molecular weight is 421 g/mol. The third kappa shape index (κ3) is 3.35. The summed E-state index contributed by atoms with van der Waals surface area (Å²) in [5.74, 6) is 0.405. The molecule has 1 N–H and O–H groups in total. The molecule has 3 amide bonds. The fourth-order valence-electron chi connectivity index (χ4n) is 3.59. The topological polar surface area (TPSA) is 101 Å². The Morgan fingerprint density at radius 3 is 2.79 bits per heavy atom. The number of thioether (sulfide) groups is 1. The largest absolute Gasteiger partial charge is 0.350 e. The van der Waals surface area contributed by atoms with Crippen LogP contribution in [0.2, 0.25) is 0 Å². The van der Waals surface area contributed by atoms with Crippen LogP contribution in [-0.2, 0) is 17.8 Å². The van der Waals surface area contributed by atoms with Gasteiger partial charge in [0.1, 0.15) is 10.7 Å². The zero-order valence-corrected chi connectivity index (χ0v) is 17.1. The molecule has 0 bridgehead atoms. The molecule has 2 aliphatic heterocycles. The minimum atomic E-state index is -0.313. The Balaban J connectivity index is 1.55. The van der Waals surface area contributed by atoms with Crippen molar-refractivity contribution in [2.75, 3.05) is 18.8 Å². The van der Waals surface area contributed by atoms with E-state index in [4.69, 9.17) is 0 Å². The quantitative estimate of drug-likeness (QED) is 0.811. The van der Waals surface area contributed by atoms with Crippen LogP contribution in [0.4, 0.5) is 4.79 Å². The maximum Gasteiger partial charge on any atom is 0.288 e. The molecule has 0 aliphatic carbocycles. The highest BCUT2D eigenvalue weighted by atomic mass is 32.2. The van der Waals surface area contributed by atoms with Gasteiger partial charge in [0.2, 0.25) is 5.91 Å². The summed E-state index contributed by atoms with van der Waals surface area (Å²) >= 11 is 2.19. The van der Waals surface area contributed by atoms with Gasteiger partial charge in [0.25, 0.3) is 16.7 Å². The van der Waals surface area contributed by atoms with Crippen LogP contribution in [0.3, 0.4) is 0 Å². The van der Waals surface area contributed by atoms with E-state index in [-0.39, 0.29) is 41.5 Å². The summed E-state index contributed by atoms with van der Waals surface area (Å²) in [6.07, 6.45) is 3.84. The lowest BCUT2D eigenvalue weighted by Gasteiger charge is -2.12. The molecule has 1 saturated heterocycles. The fraction of sp³-hybridized carbons (Fsp3) is 0.500. The maximum atomic E-state index is 13.0. The third-order valence-electron chi connectivity index (χ3n) is 5.08. The molecule has 8 nitrogen and oxygen atoms in total. The Kier molecular flexibility index (Phi) is 5.24. The minimum Gasteiger partial charge on any atom is -0.350 e. The predicted octanol–water partition coefficient (Wildman–Crippen LogP) is 1.92. The molecule has 4 heterocycles. The van der Waals surface area contributed by atoms with Crippen LogP contribution in [0.1, 0.15) is 40.3 Å². The zero-order valence-electron chi connectivity index (χ0n) is 15.4. The smallest absolute Gasteiger partial charge is 0.288 e. The van der Waals surface area contributed by atoms with Crippen molar-refractivity contribution in [3.63, 3.8) is 0 Å². The molecular formula is C18H20N4O4S2. The normalized spacial score (nSPS) is 17.1. The summed E-state index contributed by atoms with van der Waals surface area (Å²) in [5, 5.41) is 2.98.